The first-order valence-electron chi connectivity index (χ1n) is 10.1. The van der Waals surface area contributed by atoms with Gasteiger partial charge in [-0.3, -0.25) is 9.48 Å². The van der Waals surface area contributed by atoms with E-state index in [0.717, 1.165) is 22.3 Å². The summed E-state index contributed by atoms with van der Waals surface area (Å²) in [4.78, 5) is 20.8. The van der Waals surface area contributed by atoms with Gasteiger partial charge in [-0.2, -0.15) is 15.2 Å². The van der Waals surface area contributed by atoms with Gasteiger partial charge in [-0.25, -0.2) is 9.67 Å². The van der Waals surface area contributed by atoms with E-state index in [4.69, 9.17) is 4.74 Å². The van der Waals surface area contributed by atoms with Crippen LogP contribution in [0.3, 0.4) is 0 Å². The van der Waals surface area contributed by atoms with Crippen molar-refractivity contribution in [3.05, 3.63) is 66.8 Å². The molecule has 0 aliphatic heterocycles. The normalized spacial score (nSPS) is 11.3. The Morgan fingerprint density at radius 3 is 2.94 bits per heavy atom. The molecule has 10 nitrogen and oxygen atoms in total. The standard InChI is InChI=1S/C22H24N8O2/c1-3-5-20(31)26-18-7-4-6-16(10-18)14-30-21-17(12-25-30)11-23-22(28-21)27-19-13-24-29(15-19)8-9-32-2/h3-7,10-13,15H,8-9,14H2,1-2H3,(H,26,31)(H,23,27,28)/b5-3+. The van der Waals surface area contributed by atoms with Gasteiger partial charge in [0.05, 0.1) is 43.2 Å². The van der Waals surface area contributed by atoms with Crippen LogP contribution in [-0.4, -0.2) is 49.2 Å². The number of nitrogens with zero attached hydrogens (tertiary/aromatic N) is 6. The molecule has 0 saturated carbocycles. The molecular formula is C22H24N8O2. The van der Waals surface area contributed by atoms with Crippen molar-refractivity contribution < 1.29 is 9.53 Å². The third kappa shape index (κ3) is 5.16. The molecule has 0 fully saturated rings. The number of hydrogen-bond donors (Lipinski definition) is 2. The van der Waals surface area contributed by atoms with Gasteiger partial charge in [-0.1, -0.05) is 18.2 Å². The molecule has 164 valence electrons. The van der Waals surface area contributed by atoms with E-state index in [1.165, 1.54) is 6.08 Å². The summed E-state index contributed by atoms with van der Waals surface area (Å²) in [7, 11) is 1.66. The number of methoxy groups -OCH3 is 1. The molecule has 0 atom stereocenters. The fourth-order valence-electron chi connectivity index (χ4n) is 3.16. The van der Waals surface area contributed by atoms with Crippen LogP contribution >= 0.6 is 0 Å². The van der Waals surface area contributed by atoms with Gasteiger partial charge in [0.15, 0.2) is 5.65 Å². The number of nitrogens with one attached hydrogen (secondary N) is 2. The van der Waals surface area contributed by atoms with Gasteiger partial charge in [0.1, 0.15) is 0 Å². The predicted octanol–water partition coefficient (Wildman–Crippen LogP) is 2.98. The van der Waals surface area contributed by atoms with Crippen LogP contribution in [0.5, 0.6) is 0 Å². The molecular weight excluding hydrogens is 408 g/mol. The Kier molecular flexibility index (Phi) is 6.52. The van der Waals surface area contributed by atoms with Crippen molar-refractivity contribution in [3.63, 3.8) is 0 Å². The molecule has 0 unspecified atom stereocenters. The van der Waals surface area contributed by atoms with E-state index in [0.29, 0.717) is 31.3 Å². The molecule has 2 N–H and O–H groups in total. The summed E-state index contributed by atoms with van der Waals surface area (Å²) < 4.78 is 8.66. The number of hydrogen-bond acceptors (Lipinski definition) is 7. The summed E-state index contributed by atoms with van der Waals surface area (Å²) in [6.45, 7) is 3.56. The number of ether oxygens (including phenoxy) is 1. The summed E-state index contributed by atoms with van der Waals surface area (Å²) in [5.74, 6) is 0.293. The van der Waals surface area contributed by atoms with Crippen LogP contribution in [0.15, 0.2) is 61.2 Å². The zero-order chi connectivity index (χ0) is 22.3. The number of amides is 1. The molecule has 0 aliphatic carbocycles. The Morgan fingerprint density at radius 1 is 1.19 bits per heavy atom. The Bertz CT molecular complexity index is 1240. The van der Waals surface area contributed by atoms with Crippen LogP contribution in [0.2, 0.25) is 0 Å². The van der Waals surface area contributed by atoms with Gasteiger partial charge in [0, 0.05) is 25.2 Å². The second-order valence-electron chi connectivity index (χ2n) is 7.07. The largest absolute Gasteiger partial charge is 0.383 e. The van der Waals surface area contributed by atoms with Gasteiger partial charge in [0.25, 0.3) is 0 Å². The maximum absolute atomic E-state index is 11.8. The summed E-state index contributed by atoms with van der Waals surface area (Å²) >= 11 is 0. The predicted molar refractivity (Wildman–Crippen MR) is 122 cm³/mol. The lowest BCUT2D eigenvalue weighted by molar-refractivity contribution is -0.111. The van der Waals surface area contributed by atoms with E-state index in [1.807, 2.05) is 30.5 Å². The molecule has 0 bridgehead atoms. The minimum absolute atomic E-state index is 0.164. The number of fused-ring (bicyclic) bond motifs is 1. The fourth-order valence-corrected chi connectivity index (χ4v) is 3.16. The average molecular weight is 432 g/mol. The fraction of sp³-hybridized carbons (Fsp3) is 0.227. The first-order valence-corrected chi connectivity index (χ1v) is 10.1. The third-order valence-corrected chi connectivity index (χ3v) is 4.64. The van der Waals surface area contributed by atoms with Crippen molar-refractivity contribution in [3.8, 4) is 0 Å². The summed E-state index contributed by atoms with van der Waals surface area (Å²) in [5.41, 5.74) is 3.21. The summed E-state index contributed by atoms with van der Waals surface area (Å²) in [5, 5.41) is 15.6. The Labute approximate surface area is 184 Å². The minimum Gasteiger partial charge on any atom is -0.383 e. The van der Waals surface area contributed by atoms with Crippen molar-refractivity contribution in [2.45, 2.75) is 20.0 Å². The molecule has 4 aromatic rings. The Hall–Kier alpha value is -4.05. The number of anilines is 3. The molecule has 1 amide bonds. The Morgan fingerprint density at radius 2 is 2.09 bits per heavy atom. The Balaban J connectivity index is 1.51. The number of allylic oxidation sites excluding steroid dienone is 1. The topological polar surface area (TPSA) is 112 Å². The molecule has 4 rings (SSSR count). The summed E-state index contributed by atoms with van der Waals surface area (Å²) in [6.07, 6.45) is 10.2. The van der Waals surface area contributed by atoms with E-state index in [-0.39, 0.29) is 5.91 Å². The quantitative estimate of drug-likeness (QED) is 0.391. The van der Waals surface area contributed by atoms with Crippen LogP contribution in [0, 0.1) is 0 Å². The van der Waals surface area contributed by atoms with Crippen molar-refractivity contribution >= 4 is 34.3 Å². The molecule has 3 aromatic heterocycles. The maximum atomic E-state index is 11.8. The first kappa shape index (κ1) is 21.2. The van der Waals surface area contributed by atoms with Gasteiger partial charge in [-0.15, -0.1) is 0 Å². The zero-order valence-electron chi connectivity index (χ0n) is 17.9. The molecule has 0 saturated heterocycles. The number of rotatable bonds is 9. The van der Waals surface area contributed by atoms with E-state index < -0.39 is 0 Å². The SMILES string of the molecule is C/C=C/C(=O)Nc1cccc(Cn2ncc3cnc(Nc4cnn(CCOC)c4)nc32)c1. The van der Waals surface area contributed by atoms with E-state index in [2.05, 4.69) is 30.8 Å². The number of benzene rings is 1. The minimum atomic E-state index is -0.164. The highest BCUT2D eigenvalue weighted by molar-refractivity contribution is 5.99. The second kappa shape index (κ2) is 9.84. The van der Waals surface area contributed by atoms with Crippen molar-refractivity contribution in [1.29, 1.82) is 0 Å². The summed E-state index contributed by atoms with van der Waals surface area (Å²) in [6, 6.07) is 7.65. The average Bonchev–Trinajstić information content (AvgIpc) is 3.39. The molecule has 0 radical (unpaired) electrons. The molecule has 3 heterocycles. The van der Waals surface area contributed by atoms with Crippen LogP contribution in [0.4, 0.5) is 17.3 Å². The molecule has 1 aromatic carbocycles. The molecule has 0 aliphatic rings. The van der Waals surface area contributed by atoms with Crippen molar-refractivity contribution in [2.24, 2.45) is 0 Å². The number of aromatic nitrogens is 6. The van der Waals surface area contributed by atoms with Gasteiger partial charge < -0.3 is 15.4 Å². The van der Waals surface area contributed by atoms with Gasteiger partial charge in [0.2, 0.25) is 11.9 Å². The third-order valence-electron chi connectivity index (χ3n) is 4.64. The van der Waals surface area contributed by atoms with Crippen molar-refractivity contribution in [1.82, 2.24) is 29.5 Å². The number of carbonyl (C=O) groups excluding carboxylic acids is 1. The lowest BCUT2D eigenvalue weighted by Crippen LogP contribution is -2.09. The lowest BCUT2D eigenvalue weighted by atomic mass is 10.2. The molecule has 10 heteroatoms. The van der Waals surface area contributed by atoms with Crippen molar-refractivity contribution in [2.75, 3.05) is 24.4 Å². The van der Waals surface area contributed by atoms with Gasteiger partial charge >= 0.3 is 0 Å². The van der Waals surface area contributed by atoms with Gasteiger partial charge in [-0.05, 0) is 30.7 Å². The highest BCUT2D eigenvalue weighted by atomic mass is 16.5. The van der Waals surface area contributed by atoms with Crippen LogP contribution < -0.4 is 10.6 Å². The first-order chi connectivity index (χ1) is 15.6. The van der Waals surface area contributed by atoms with E-state index in [1.54, 1.807) is 48.1 Å². The second-order valence-corrected chi connectivity index (χ2v) is 7.07. The maximum Gasteiger partial charge on any atom is 0.248 e. The van der Waals surface area contributed by atoms with E-state index >= 15 is 0 Å². The lowest BCUT2D eigenvalue weighted by Gasteiger charge is -2.08. The molecule has 0 spiro atoms. The van der Waals surface area contributed by atoms with E-state index in [9.17, 15) is 4.79 Å². The number of carbonyl (C=O) groups is 1. The molecule has 32 heavy (non-hydrogen) atoms. The highest BCUT2D eigenvalue weighted by Gasteiger charge is 2.09. The zero-order valence-corrected chi connectivity index (χ0v) is 17.9. The van der Waals surface area contributed by atoms with Crippen LogP contribution in [0.25, 0.3) is 11.0 Å². The van der Waals surface area contributed by atoms with Crippen LogP contribution in [0.1, 0.15) is 12.5 Å². The smallest absolute Gasteiger partial charge is 0.248 e. The highest BCUT2D eigenvalue weighted by Crippen LogP contribution is 2.18. The monoisotopic (exact) mass is 432 g/mol. The van der Waals surface area contributed by atoms with Crippen LogP contribution in [-0.2, 0) is 22.6 Å².